The molecule has 0 radical (unpaired) electrons. The van der Waals surface area contributed by atoms with Crippen molar-refractivity contribution in [2.45, 2.75) is 58.1 Å². The summed E-state index contributed by atoms with van der Waals surface area (Å²) in [5.74, 6) is 0.0602. The summed E-state index contributed by atoms with van der Waals surface area (Å²) < 4.78 is 5.95. The van der Waals surface area contributed by atoms with Crippen LogP contribution in [0.15, 0.2) is 12.7 Å². The maximum atomic E-state index is 11.9. The summed E-state index contributed by atoms with van der Waals surface area (Å²) in [5.41, 5.74) is -0.544. The minimum atomic E-state index is -0.420. The van der Waals surface area contributed by atoms with Crippen LogP contribution in [0.2, 0.25) is 0 Å². The highest BCUT2D eigenvalue weighted by Gasteiger charge is 2.39. The van der Waals surface area contributed by atoms with Gasteiger partial charge in [0.25, 0.3) is 0 Å². The summed E-state index contributed by atoms with van der Waals surface area (Å²) in [6.07, 6.45) is 6.07. The van der Waals surface area contributed by atoms with E-state index in [0.717, 1.165) is 32.3 Å². The summed E-state index contributed by atoms with van der Waals surface area (Å²) >= 11 is 0. The summed E-state index contributed by atoms with van der Waals surface area (Å²) in [7, 11) is 1.68. The van der Waals surface area contributed by atoms with Gasteiger partial charge in [0.05, 0.1) is 11.0 Å². The Kier molecular flexibility index (Phi) is 6.21. The van der Waals surface area contributed by atoms with Crippen molar-refractivity contribution < 1.29 is 9.53 Å². The molecule has 1 fully saturated rings. The van der Waals surface area contributed by atoms with E-state index in [1.165, 1.54) is 0 Å². The Morgan fingerprint density at radius 1 is 1.55 bits per heavy atom. The van der Waals surface area contributed by atoms with Gasteiger partial charge in [-0.15, -0.1) is 6.58 Å². The highest BCUT2D eigenvalue weighted by molar-refractivity contribution is 5.81. The van der Waals surface area contributed by atoms with Crippen molar-refractivity contribution in [1.29, 1.82) is 0 Å². The Morgan fingerprint density at radius 3 is 2.75 bits per heavy atom. The highest BCUT2D eigenvalue weighted by Crippen LogP contribution is 2.31. The molecule has 1 aliphatic heterocycles. The lowest BCUT2D eigenvalue weighted by atomic mass is 9.87. The molecule has 20 heavy (non-hydrogen) atoms. The van der Waals surface area contributed by atoms with Crippen LogP contribution in [0.4, 0.5) is 0 Å². The van der Waals surface area contributed by atoms with Gasteiger partial charge in [0, 0.05) is 26.2 Å². The lowest BCUT2D eigenvalue weighted by Gasteiger charge is -2.36. The number of carbonyl (C=O) groups is 1. The van der Waals surface area contributed by atoms with Crippen LogP contribution in [-0.2, 0) is 9.53 Å². The molecule has 1 amide bonds. The number of hydrogen-bond acceptors (Lipinski definition) is 3. The lowest BCUT2D eigenvalue weighted by Crippen LogP contribution is -2.53. The van der Waals surface area contributed by atoms with Gasteiger partial charge in [-0.25, -0.2) is 0 Å². The normalized spacial score (nSPS) is 24.4. The zero-order valence-corrected chi connectivity index (χ0v) is 13.4. The van der Waals surface area contributed by atoms with Gasteiger partial charge in [0.2, 0.25) is 5.91 Å². The summed E-state index contributed by atoms with van der Waals surface area (Å²) in [5, 5.41) is 6.28. The van der Waals surface area contributed by atoms with Crippen molar-refractivity contribution in [3.63, 3.8) is 0 Å². The molecule has 0 aromatic rings. The largest absolute Gasteiger partial charge is 0.374 e. The number of amides is 1. The molecular formula is C16H30N2O2. The van der Waals surface area contributed by atoms with Gasteiger partial charge in [-0.1, -0.05) is 6.08 Å². The van der Waals surface area contributed by atoms with Crippen LogP contribution in [-0.4, -0.2) is 37.7 Å². The van der Waals surface area contributed by atoms with Gasteiger partial charge < -0.3 is 15.4 Å². The molecule has 0 aromatic heterocycles. The van der Waals surface area contributed by atoms with E-state index in [-0.39, 0.29) is 17.6 Å². The number of allylic oxidation sites excluding steroid dienone is 1. The van der Waals surface area contributed by atoms with E-state index in [4.69, 9.17) is 4.74 Å². The lowest BCUT2D eigenvalue weighted by molar-refractivity contribution is -0.129. The first kappa shape index (κ1) is 17.2. The minimum Gasteiger partial charge on any atom is -0.374 e. The van der Waals surface area contributed by atoms with E-state index in [9.17, 15) is 4.79 Å². The monoisotopic (exact) mass is 282 g/mol. The third kappa shape index (κ3) is 4.32. The predicted molar refractivity (Wildman–Crippen MR) is 82.7 cm³/mol. The average molecular weight is 282 g/mol. The molecular weight excluding hydrogens is 252 g/mol. The average Bonchev–Trinajstić information content (AvgIpc) is 2.85. The van der Waals surface area contributed by atoms with E-state index < -0.39 is 5.41 Å². The fourth-order valence-corrected chi connectivity index (χ4v) is 2.78. The molecule has 1 saturated heterocycles. The third-order valence-electron chi connectivity index (χ3n) is 4.28. The Labute approximate surface area is 123 Å². The molecule has 0 aromatic carbocycles. The van der Waals surface area contributed by atoms with E-state index in [0.29, 0.717) is 6.54 Å². The molecule has 4 nitrogen and oxygen atoms in total. The van der Waals surface area contributed by atoms with Crippen molar-refractivity contribution in [2.75, 3.05) is 20.2 Å². The van der Waals surface area contributed by atoms with Crippen LogP contribution in [0.5, 0.6) is 0 Å². The molecule has 0 aliphatic carbocycles. The molecule has 1 rings (SSSR count). The Hall–Kier alpha value is -0.870. The summed E-state index contributed by atoms with van der Waals surface area (Å²) in [6.45, 7) is 11.4. The molecule has 2 N–H and O–H groups in total. The fraction of sp³-hybridized carbons (Fsp3) is 0.812. The van der Waals surface area contributed by atoms with Crippen LogP contribution in [0, 0.1) is 5.41 Å². The zero-order valence-electron chi connectivity index (χ0n) is 13.4. The van der Waals surface area contributed by atoms with Gasteiger partial charge in [0.1, 0.15) is 0 Å². The number of carbonyl (C=O) groups excluding carboxylic acids is 1. The van der Waals surface area contributed by atoms with Crippen molar-refractivity contribution in [1.82, 2.24) is 10.6 Å². The van der Waals surface area contributed by atoms with Crippen LogP contribution in [0.3, 0.4) is 0 Å². The highest BCUT2D eigenvalue weighted by atomic mass is 16.5. The maximum Gasteiger partial charge on any atom is 0.226 e. The van der Waals surface area contributed by atoms with Crippen molar-refractivity contribution in [3.8, 4) is 0 Å². The van der Waals surface area contributed by atoms with Gasteiger partial charge in [-0.05, 0) is 46.5 Å². The van der Waals surface area contributed by atoms with E-state index >= 15 is 0 Å². The number of rotatable bonds is 8. The molecule has 0 bridgehead atoms. The van der Waals surface area contributed by atoms with Gasteiger partial charge in [-0.2, -0.15) is 0 Å². The number of hydrogen-bond donors (Lipinski definition) is 2. The van der Waals surface area contributed by atoms with E-state index in [1.54, 1.807) is 7.05 Å². The first-order valence-electron chi connectivity index (χ1n) is 7.56. The fourth-order valence-electron chi connectivity index (χ4n) is 2.78. The Morgan fingerprint density at radius 2 is 2.25 bits per heavy atom. The molecule has 4 heteroatoms. The Balaban J connectivity index is 2.65. The molecule has 1 heterocycles. The van der Waals surface area contributed by atoms with Crippen LogP contribution >= 0.6 is 0 Å². The van der Waals surface area contributed by atoms with Crippen LogP contribution in [0.25, 0.3) is 0 Å². The van der Waals surface area contributed by atoms with Crippen LogP contribution in [0.1, 0.15) is 46.5 Å². The maximum absolute atomic E-state index is 11.9. The first-order valence-corrected chi connectivity index (χ1v) is 7.56. The Bertz CT molecular complexity index is 333. The van der Waals surface area contributed by atoms with Crippen molar-refractivity contribution >= 4 is 5.91 Å². The second-order valence-electron chi connectivity index (χ2n) is 6.53. The topological polar surface area (TPSA) is 50.4 Å². The predicted octanol–water partition coefficient (Wildman–Crippen LogP) is 2.25. The van der Waals surface area contributed by atoms with E-state index in [2.05, 4.69) is 24.1 Å². The van der Waals surface area contributed by atoms with Crippen molar-refractivity contribution in [2.24, 2.45) is 5.41 Å². The molecule has 2 unspecified atom stereocenters. The minimum absolute atomic E-state index is 0.0602. The molecule has 0 saturated carbocycles. The second kappa shape index (κ2) is 7.23. The van der Waals surface area contributed by atoms with Gasteiger partial charge in [-0.3, -0.25) is 4.79 Å². The zero-order chi connectivity index (χ0) is 15.2. The quantitative estimate of drug-likeness (QED) is 0.671. The molecule has 2 atom stereocenters. The smallest absolute Gasteiger partial charge is 0.226 e. The molecule has 0 spiro atoms. The SMILES string of the molecule is C=CCCC(NCC(C)(C)C(=O)NC)C1(C)CCCO1. The molecule has 1 aliphatic rings. The first-order chi connectivity index (χ1) is 9.35. The molecule has 116 valence electrons. The standard InChI is InChI=1S/C16H30N2O2/c1-6-7-9-13(16(4)10-8-11-20-16)18-12-15(2,3)14(19)17-5/h6,13,18H,1,7-12H2,2-5H3,(H,17,19). The third-order valence-corrected chi connectivity index (χ3v) is 4.28. The number of nitrogens with one attached hydrogen (secondary N) is 2. The van der Waals surface area contributed by atoms with Gasteiger partial charge >= 0.3 is 0 Å². The number of ether oxygens (including phenoxy) is 1. The van der Waals surface area contributed by atoms with Crippen LogP contribution < -0.4 is 10.6 Å². The summed E-state index contributed by atoms with van der Waals surface area (Å²) in [6, 6.07) is 0.256. The second-order valence-corrected chi connectivity index (χ2v) is 6.53. The summed E-state index contributed by atoms with van der Waals surface area (Å²) in [4.78, 5) is 11.9. The van der Waals surface area contributed by atoms with Gasteiger partial charge in [0.15, 0.2) is 0 Å². The van der Waals surface area contributed by atoms with E-state index in [1.807, 2.05) is 19.9 Å². The van der Waals surface area contributed by atoms with Crippen molar-refractivity contribution in [3.05, 3.63) is 12.7 Å².